The first-order chi connectivity index (χ1) is 10.3. The summed E-state index contributed by atoms with van der Waals surface area (Å²) in [5.41, 5.74) is 3.75. The lowest BCUT2D eigenvalue weighted by atomic mass is 10.1. The van der Waals surface area contributed by atoms with Gasteiger partial charge in [0, 0.05) is 37.4 Å². The van der Waals surface area contributed by atoms with Crippen LogP contribution in [0.3, 0.4) is 0 Å². The molecule has 0 N–H and O–H groups in total. The molecule has 0 radical (unpaired) electrons. The highest BCUT2D eigenvalue weighted by Crippen LogP contribution is 2.33. The lowest BCUT2D eigenvalue weighted by Gasteiger charge is -2.18. The lowest BCUT2D eigenvalue weighted by Crippen LogP contribution is -2.19. The van der Waals surface area contributed by atoms with Crippen molar-refractivity contribution in [2.45, 2.75) is 12.8 Å². The van der Waals surface area contributed by atoms with Gasteiger partial charge in [-0.15, -0.1) is 0 Å². The van der Waals surface area contributed by atoms with Crippen LogP contribution in [-0.4, -0.2) is 22.6 Å². The fourth-order valence-electron chi connectivity index (χ4n) is 3.33. The Labute approximate surface area is 124 Å². The van der Waals surface area contributed by atoms with Crippen LogP contribution in [0.1, 0.15) is 12.8 Å². The Morgan fingerprint density at radius 3 is 2.52 bits per heavy atom. The van der Waals surface area contributed by atoms with Gasteiger partial charge in [0.25, 0.3) is 0 Å². The average molecular weight is 277 g/mol. The third-order valence-corrected chi connectivity index (χ3v) is 4.40. The largest absolute Gasteiger partial charge is 0.355 e. The number of anilines is 1. The van der Waals surface area contributed by atoms with Crippen LogP contribution in [-0.2, 0) is 7.05 Å². The molecule has 0 amide bonds. The van der Waals surface area contributed by atoms with Crippen LogP contribution >= 0.6 is 0 Å². The third kappa shape index (κ3) is 2.00. The Morgan fingerprint density at radius 2 is 1.76 bits per heavy atom. The predicted octanol–water partition coefficient (Wildman–Crippen LogP) is 3.84. The predicted molar refractivity (Wildman–Crippen MR) is 87.6 cm³/mol. The quantitative estimate of drug-likeness (QED) is 0.709. The van der Waals surface area contributed by atoms with Gasteiger partial charge in [0.1, 0.15) is 0 Å². The molecule has 3 nitrogen and oxygen atoms in total. The smallest absolute Gasteiger partial charge is 0.153 e. The maximum Gasteiger partial charge on any atom is 0.153 e. The fourth-order valence-corrected chi connectivity index (χ4v) is 3.33. The number of benzene rings is 1. The molecule has 1 fully saturated rings. The molecule has 1 aromatic carbocycles. The van der Waals surface area contributed by atoms with Gasteiger partial charge in [0.15, 0.2) is 5.82 Å². The van der Waals surface area contributed by atoms with Crippen LogP contribution in [0.2, 0.25) is 0 Å². The topological polar surface area (TPSA) is 21.1 Å². The summed E-state index contributed by atoms with van der Waals surface area (Å²) in [7, 11) is 2.14. The second-order valence-electron chi connectivity index (χ2n) is 5.72. The summed E-state index contributed by atoms with van der Waals surface area (Å²) in [6, 6.07) is 14.9. The van der Waals surface area contributed by atoms with Crippen LogP contribution in [0, 0.1) is 0 Å². The van der Waals surface area contributed by atoms with Crippen molar-refractivity contribution in [3.63, 3.8) is 0 Å². The molecule has 21 heavy (non-hydrogen) atoms. The Kier molecular flexibility index (Phi) is 2.92. The van der Waals surface area contributed by atoms with Gasteiger partial charge in [0.05, 0.1) is 5.52 Å². The minimum Gasteiger partial charge on any atom is -0.355 e. The molecule has 2 aromatic heterocycles. The van der Waals surface area contributed by atoms with Crippen molar-refractivity contribution >= 4 is 16.7 Å². The number of aryl methyl sites for hydroxylation is 1. The maximum atomic E-state index is 4.66. The van der Waals surface area contributed by atoms with Crippen LogP contribution in [0.15, 0.2) is 48.7 Å². The third-order valence-electron chi connectivity index (χ3n) is 4.40. The van der Waals surface area contributed by atoms with Gasteiger partial charge in [-0.25, -0.2) is 4.98 Å². The average Bonchev–Trinajstić information content (AvgIpc) is 3.16. The van der Waals surface area contributed by atoms with E-state index in [0.29, 0.717) is 0 Å². The number of hydrogen-bond acceptors (Lipinski definition) is 2. The van der Waals surface area contributed by atoms with E-state index in [9.17, 15) is 0 Å². The molecule has 1 aliphatic rings. The number of rotatable bonds is 2. The van der Waals surface area contributed by atoms with Crippen molar-refractivity contribution in [2.75, 3.05) is 18.0 Å². The van der Waals surface area contributed by atoms with E-state index in [2.05, 4.69) is 64.0 Å². The first-order valence-corrected chi connectivity index (χ1v) is 7.59. The Balaban J connectivity index is 1.92. The summed E-state index contributed by atoms with van der Waals surface area (Å²) >= 11 is 0. The minimum atomic E-state index is 1.12. The molecule has 1 saturated heterocycles. The molecule has 1 aliphatic heterocycles. The van der Waals surface area contributed by atoms with Gasteiger partial charge >= 0.3 is 0 Å². The molecule has 0 atom stereocenters. The molecule has 0 spiro atoms. The molecular formula is C18H19N3. The van der Waals surface area contributed by atoms with Crippen molar-refractivity contribution in [1.29, 1.82) is 0 Å². The number of fused-ring (bicyclic) bond motifs is 1. The van der Waals surface area contributed by atoms with Crippen molar-refractivity contribution in [3.05, 3.63) is 48.7 Å². The highest BCUT2D eigenvalue weighted by molar-refractivity contribution is 5.94. The van der Waals surface area contributed by atoms with Crippen molar-refractivity contribution in [2.24, 2.45) is 7.05 Å². The molecule has 3 aromatic rings. The zero-order valence-corrected chi connectivity index (χ0v) is 12.3. The molecule has 0 unspecified atom stereocenters. The monoisotopic (exact) mass is 277 g/mol. The zero-order valence-electron chi connectivity index (χ0n) is 12.3. The second-order valence-corrected chi connectivity index (χ2v) is 5.72. The maximum absolute atomic E-state index is 4.66. The van der Waals surface area contributed by atoms with E-state index in [-0.39, 0.29) is 0 Å². The second kappa shape index (κ2) is 4.92. The molecule has 0 bridgehead atoms. The molecule has 3 heterocycles. The van der Waals surface area contributed by atoms with E-state index in [1.807, 2.05) is 6.20 Å². The van der Waals surface area contributed by atoms with Crippen molar-refractivity contribution in [3.8, 4) is 11.3 Å². The van der Waals surface area contributed by atoms with Gasteiger partial charge < -0.3 is 9.47 Å². The number of aromatic nitrogens is 2. The summed E-state index contributed by atoms with van der Waals surface area (Å²) in [5, 5.41) is 1.27. The number of hydrogen-bond donors (Lipinski definition) is 0. The summed E-state index contributed by atoms with van der Waals surface area (Å²) in [6.07, 6.45) is 4.48. The van der Waals surface area contributed by atoms with Crippen molar-refractivity contribution < 1.29 is 0 Å². The Bertz CT molecular complexity index is 768. The highest BCUT2D eigenvalue weighted by atomic mass is 15.2. The number of nitrogens with zero attached hydrogens (tertiary/aromatic N) is 3. The zero-order chi connectivity index (χ0) is 14.2. The van der Waals surface area contributed by atoms with Crippen LogP contribution < -0.4 is 4.90 Å². The van der Waals surface area contributed by atoms with E-state index >= 15 is 0 Å². The van der Waals surface area contributed by atoms with Gasteiger partial charge in [-0.3, -0.25) is 0 Å². The molecule has 4 rings (SSSR count). The Hall–Kier alpha value is -2.29. The van der Waals surface area contributed by atoms with E-state index in [0.717, 1.165) is 18.9 Å². The standard InChI is InChI=1S/C18H19N3/c1-20-16(14-7-3-2-4-8-14)13-15-9-10-19-18(17(15)20)21-11-5-6-12-21/h2-4,7-10,13H,5-6,11-12H2,1H3. The number of pyridine rings is 1. The first-order valence-electron chi connectivity index (χ1n) is 7.59. The van der Waals surface area contributed by atoms with Gasteiger partial charge in [-0.1, -0.05) is 30.3 Å². The van der Waals surface area contributed by atoms with Crippen LogP contribution in [0.25, 0.3) is 22.2 Å². The van der Waals surface area contributed by atoms with E-state index in [1.54, 1.807) is 0 Å². The van der Waals surface area contributed by atoms with Crippen molar-refractivity contribution in [1.82, 2.24) is 9.55 Å². The summed E-state index contributed by atoms with van der Waals surface area (Å²) < 4.78 is 2.28. The fraction of sp³-hybridized carbons (Fsp3) is 0.278. The van der Waals surface area contributed by atoms with Crippen LogP contribution in [0.5, 0.6) is 0 Å². The van der Waals surface area contributed by atoms with E-state index in [4.69, 9.17) is 0 Å². The highest BCUT2D eigenvalue weighted by Gasteiger charge is 2.19. The van der Waals surface area contributed by atoms with Gasteiger partial charge in [-0.2, -0.15) is 0 Å². The van der Waals surface area contributed by atoms with E-state index < -0.39 is 0 Å². The SMILES string of the molecule is Cn1c(-c2ccccc2)cc2ccnc(N3CCCC3)c21. The summed E-state index contributed by atoms with van der Waals surface area (Å²) in [4.78, 5) is 7.08. The first kappa shape index (κ1) is 12.5. The lowest BCUT2D eigenvalue weighted by molar-refractivity contribution is 0.918. The van der Waals surface area contributed by atoms with E-state index in [1.165, 1.54) is 35.0 Å². The molecule has 0 saturated carbocycles. The molecule has 0 aliphatic carbocycles. The molecular weight excluding hydrogens is 258 g/mol. The minimum absolute atomic E-state index is 1.12. The summed E-state index contributed by atoms with van der Waals surface area (Å²) in [5.74, 6) is 1.13. The van der Waals surface area contributed by atoms with Gasteiger partial charge in [0.2, 0.25) is 0 Å². The molecule has 106 valence electrons. The normalized spacial score (nSPS) is 15.0. The van der Waals surface area contributed by atoms with Gasteiger partial charge in [-0.05, 0) is 30.5 Å². The van der Waals surface area contributed by atoms with Crippen LogP contribution in [0.4, 0.5) is 5.82 Å². The summed E-state index contributed by atoms with van der Waals surface area (Å²) in [6.45, 7) is 2.25. The Morgan fingerprint density at radius 1 is 1.00 bits per heavy atom. The molecule has 3 heteroatoms.